The van der Waals surface area contributed by atoms with E-state index in [1.807, 2.05) is 0 Å². The molecule has 1 aliphatic rings. The number of aliphatic carboxylic acids is 2. The highest BCUT2D eigenvalue weighted by Gasteiger charge is 2.42. The molecule has 1 fully saturated rings. The third-order valence-electron chi connectivity index (χ3n) is 15.6. The Morgan fingerprint density at radius 2 is 1.16 bits per heavy atom. The van der Waals surface area contributed by atoms with Crippen LogP contribution in [0, 0.1) is 23.0 Å². The van der Waals surface area contributed by atoms with Crippen molar-refractivity contribution < 1.29 is 67.7 Å². The van der Waals surface area contributed by atoms with Crippen molar-refractivity contribution in [2.24, 2.45) is 39.9 Å². The van der Waals surface area contributed by atoms with Crippen LogP contribution in [0.3, 0.4) is 0 Å². The molecule has 11 atom stereocenters. The first-order valence-corrected chi connectivity index (χ1v) is 30.8. The third-order valence-corrected chi connectivity index (χ3v) is 15.6. The number of aromatic nitrogens is 5. The SMILES string of the molecule is CCC(C)[C@H](NC(=O)[C@H](Cc1cc[n+]([O-])cc1)NC(=O)[C@@H](NC(=O)[C@H](CCCN=C(N)N)NC(=O)[C@@H](N)CC(=O)O)C(C)C)C(=O)N[C@@H](Cc1cnc[nH]1)C(=O)N1CCC[C@H]1C(=O)N[C@@H](Cc1ccccc1)C(=O)N[C@@H](Cc1cnc[nH]1)C(=O)N[C@@H](CC(C)C)C(=O)O. The number of aliphatic imine (C=N–C) groups is 1. The van der Waals surface area contributed by atoms with Crippen molar-refractivity contribution in [1.29, 1.82) is 0 Å². The molecule has 4 aromatic rings. The summed E-state index contributed by atoms with van der Waals surface area (Å²) in [7, 11) is 0. The number of H-pyrrole nitrogens is 2. The molecule has 32 nitrogen and oxygen atoms in total. The summed E-state index contributed by atoms with van der Waals surface area (Å²) < 4.78 is 0.506. The minimum absolute atomic E-state index is 0.0371. The standard InChI is InChI=1S/C61H88N18O14/c1-7-35(6)50(77-55(86)43(25-37-17-21-78(93)22-18-37)73-57(88)49(34(4)5)76-52(83)41(15-11-19-67-61(63)64)70-51(82)40(62)28-48(80)81)58(89)74-45(27-39-30-66-32-69-39)59(90)79-20-12-16-47(79)56(87)72-42(24-36-13-9-8-10-14-36)53(84)71-44(26-38-29-65-31-68-38)54(85)75-46(60(91)92)23-33(2)3/h8-10,13-14,17-18,21-22,29-35,40-47,49-50H,7,11-12,15-16,19-20,23-28,62H2,1-6H3,(H,65,68)(H,66,69)(H,70,82)(H,71,84)(H,72,87)(H,73,88)(H,74,89)(H,75,85)(H,76,83)(H,77,86)(H,80,81)(H,91,92)(H4,63,64,67)/t35?,40-,41-,42-,43-,44-,45-,46-,47-,49-,50-/m0/s1. The van der Waals surface area contributed by atoms with Crippen molar-refractivity contribution in [2.45, 2.75) is 173 Å². The number of hydrogen-bond acceptors (Lipinski definition) is 16. The molecule has 0 bridgehead atoms. The molecule has 0 spiro atoms. The predicted molar refractivity (Wildman–Crippen MR) is 336 cm³/mol. The van der Waals surface area contributed by atoms with Gasteiger partial charge in [0.25, 0.3) is 0 Å². The molecule has 1 saturated heterocycles. The molecule has 1 aromatic carbocycles. The predicted octanol–water partition coefficient (Wildman–Crippen LogP) is -2.41. The van der Waals surface area contributed by atoms with Gasteiger partial charge in [0, 0.05) is 74.7 Å². The number of nitrogens with two attached hydrogens (primary N) is 3. The van der Waals surface area contributed by atoms with Crippen LogP contribution in [0.4, 0.5) is 0 Å². The van der Waals surface area contributed by atoms with Crippen molar-refractivity contribution in [3.63, 3.8) is 0 Å². The number of hydrogen-bond donors (Lipinski definition) is 15. The van der Waals surface area contributed by atoms with Gasteiger partial charge in [-0.1, -0.05) is 78.3 Å². The lowest BCUT2D eigenvalue weighted by atomic mass is 9.96. The molecule has 18 N–H and O–H groups in total. The zero-order chi connectivity index (χ0) is 68.5. The molecular formula is C61H88N18O14. The van der Waals surface area contributed by atoms with Gasteiger partial charge in [0.15, 0.2) is 18.4 Å². The summed E-state index contributed by atoms with van der Waals surface area (Å²) in [5, 5.41) is 52.7. The average Bonchev–Trinajstić information content (AvgIpc) is 1.81. The van der Waals surface area contributed by atoms with Crippen LogP contribution in [0.15, 0.2) is 84.9 Å². The van der Waals surface area contributed by atoms with E-state index in [0.717, 1.165) is 0 Å². The van der Waals surface area contributed by atoms with E-state index in [2.05, 4.69) is 67.5 Å². The number of guanidine groups is 1. The van der Waals surface area contributed by atoms with E-state index in [9.17, 15) is 63.4 Å². The van der Waals surface area contributed by atoms with E-state index < -0.39 is 144 Å². The second-order valence-electron chi connectivity index (χ2n) is 23.8. The van der Waals surface area contributed by atoms with Crippen LogP contribution in [0.2, 0.25) is 0 Å². The summed E-state index contributed by atoms with van der Waals surface area (Å²) in [5.74, 6) is -11.8. The zero-order valence-electron chi connectivity index (χ0n) is 53.0. The summed E-state index contributed by atoms with van der Waals surface area (Å²) in [4.78, 5) is 172. The fraction of sp³-hybridized carbons (Fsp3) is 0.525. The number of carbonyl (C=O) groups excluding carboxylic acids is 9. The maximum absolute atomic E-state index is 15.1. The van der Waals surface area contributed by atoms with Crippen molar-refractivity contribution in [3.05, 3.63) is 108 Å². The second kappa shape index (κ2) is 36.1. The third kappa shape index (κ3) is 23.6. The maximum Gasteiger partial charge on any atom is 0.326 e. The molecule has 5 rings (SSSR count). The van der Waals surface area contributed by atoms with Gasteiger partial charge in [0.05, 0.1) is 25.1 Å². The molecule has 3 aromatic heterocycles. The molecule has 4 heterocycles. The van der Waals surface area contributed by atoms with Gasteiger partial charge in [-0.25, -0.2) is 14.8 Å². The number of nitrogens with one attached hydrogen (secondary N) is 10. The van der Waals surface area contributed by atoms with Gasteiger partial charge < -0.3 is 90.0 Å². The van der Waals surface area contributed by atoms with E-state index in [1.165, 1.54) is 54.5 Å². The first kappa shape index (κ1) is 73.7. The van der Waals surface area contributed by atoms with E-state index >= 15 is 4.79 Å². The summed E-state index contributed by atoms with van der Waals surface area (Å²) in [6.45, 7) is 10.3. The number of amides is 9. The minimum atomic E-state index is -1.54. The smallest absolute Gasteiger partial charge is 0.326 e. The fourth-order valence-electron chi connectivity index (χ4n) is 10.3. The highest BCUT2D eigenvalue weighted by molar-refractivity contribution is 5.99. The number of imidazole rings is 2. The zero-order valence-corrected chi connectivity index (χ0v) is 53.0. The maximum atomic E-state index is 15.1. The average molecular weight is 1300 g/mol. The Morgan fingerprint density at radius 1 is 0.656 bits per heavy atom. The summed E-state index contributed by atoms with van der Waals surface area (Å²) in [5.41, 5.74) is 18.6. The van der Waals surface area contributed by atoms with Gasteiger partial charge in [-0.3, -0.25) is 52.9 Å². The van der Waals surface area contributed by atoms with E-state index in [0.29, 0.717) is 40.1 Å². The summed E-state index contributed by atoms with van der Waals surface area (Å²) >= 11 is 0. The monoisotopic (exact) mass is 1300 g/mol. The van der Waals surface area contributed by atoms with Crippen LogP contribution in [-0.2, 0) is 78.4 Å². The minimum Gasteiger partial charge on any atom is -0.619 e. The fourth-order valence-corrected chi connectivity index (χ4v) is 10.3. The lowest BCUT2D eigenvalue weighted by Gasteiger charge is -2.32. The molecular weight excluding hydrogens is 1210 g/mol. The van der Waals surface area contributed by atoms with Crippen molar-refractivity contribution in [3.8, 4) is 0 Å². The Labute approximate surface area is 537 Å². The van der Waals surface area contributed by atoms with Crippen LogP contribution in [0.5, 0.6) is 0 Å². The van der Waals surface area contributed by atoms with E-state index in [4.69, 9.17) is 17.2 Å². The Hall–Kier alpha value is -10.0. The van der Waals surface area contributed by atoms with Crippen LogP contribution >= 0.6 is 0 Å². The number of nitrogens with zero attached hydrogens (tertiary/aromatic N) is 5. The molecule has 1 unspecified atom stereocenters. The Morgan fingerprint density at radius 3 is 1.71 bits per heavy atom. The van der Waals surface area contributed by atoms with Gasteiger partial charge >= 0.3 is 11.9 Å². The summed E-state index contributed by atoms with van der Waals surface area (Å²) in [6.07, 6.45) is 7.49. The molecule has 9 amide bonds. The van der Waals surface area contributed by atoms with Gasteiger partial charge in [-0.15, -0.1) is 0 Å². The number of likely N-dealkylation sites (tertiary alicyclic amines) is 1. The quantitative estimate of drug-likeness (QED) is 0.00735. The number of carboxylic acid groups (broad SMARTS) is 2. The summed E-state index contributed by atoms with van der Waals surface area (Å²) in [6, 6.07) is -2.23. The number of pyridine rings is 1. The molecule has 1 aliphatic heterocycles. The largest absolute Gasteiger partial charge is 0.619 e. The normalized spacial score (nSPS) is 16.1. The topological polar surface area (TPSA) is 502 Å². The number of aromatic amines is 2. The first-order valence-electron chi connectivity index (χ1n) is 30.8. The Bertz CT molecular complexity index is 3180. The number of carbonyl (C=O) groups is 11. The van der Waals surface area contributed by atoms with Gasteiger partial charge in [0.1, 0.15) is 54.4 Å². The highest BCUT2D eigenvalue weighted by atomic mass is 16.5. The number of rotatable bonds is 37. The lowest BCUT2D eigenvalue weighted by molar-refractivity contribution is -0.605. The first-order chi connectivity index (χ1) is 44.1. The lowest BCUT2D eigenvalue weighted by Crippen LogP contribution is -2.62. The second-order valence-corrected chi connectivity index (χ2v) is 23.8. The molecule has 32 heteroatoms. The Balaban J connectivity index is 1.40. The van der Waals surface area contributed by atoms with Crippen LogP contribution in [-0.4, -0.2) is 180 Å². The van der Waals surface area contributed by atoms with Gasteiger partial charge in [-0.05, 0) is 61.0 Å². The molecule has 0 saturated carbocycles. The number of benzene rings is 1. The molecule has 0 radical (unpaired) electrons. The van der Waals surface area contributed by atoms with Gasteiger partial charge in [-0.2, -0.15) is 4.73 Å². The molecule has 0 aliphatic carbocycles. The Kier molecular flexibility index (Phi) is 28.6. The highest BCUT2D eigenvalue weighted by Crippen LogP contribution is 2.22. The van der Waals surface area contributed by atoms with Crippen molar-refractivity contribution in [1.82, 2.24) is 67.4 Å². The molecule has 506 valence electrons. The van der Waals surface area contributed by atoms with E-state index in [1.54, 1.807) is 71.9 Å². The van der Waals surface area contributed by atoms with Crippen LogP contribution < -0.4 is 64.5 Å². The molecule has 93 heavy (non-hydrogen) atoms. The van der Waals surface area contributed by atoms with Gasteiger partial charge in [0.2, 0.25) is 53.2 Å². The van der Waals surface area contributed by atoms with Crippen LogP contribution in [0.25, 0.3) is 0 Å². The van der Waals surface area contributed by atoms with E-state index in [-0.39, 0.29) is 76.3 Å². The van der Waals surface area contributed by atoms with Crippen molar-refractivity contribution >= 4 is 71.1 Å². The van der Waals surface area contributed by atoms with Crippen molar-refractivity contribution in [2.75, 3.05) is 13.1 Å². The van der Waals surface area contributed by atoms with Crippen LogP contribution in [0.1, 0.15) is 109 Å². The number of carboxylic acids is 2.